The summed E-state index contributed by atoms with van der Waals surface area (Å²) in [7, 11) is 0. The van der Waals surface area contributed by atoms with Gasteiger partial charge in [-0.3, -0.25) is 18.8 Å². The number of alkyl halides is 3. The van der Waals surface area contributed by atoms with Crippen molar-refractivity contribution in [1.82, 2.24) is 14.0 Å². The van der Waals surface area contributed by atoms with Gasteiger partial charge in [0.25, 0.3) is 5.56 Å². The molecule has 8 nitrogen and oxygen atoms in total. The minimum Gasteiger partial charge on any atom is -0.363 e. The van der Waals surface area contributed by atoms with E-state index in [1.165, 1.54) is 6.92 Å². The number of hydrogen-bond acceptors (Lipinski definition) is 6. The van der Waals surface area contributed by atoms with Crippen LogP contribution < -0.4 is 21.9 Å². The zero-order valence-electron chi connectivity index (χ0n) is 24.6. The van der Waals surface area contributed by atoms with Gasteiger partial charge in [0.2, 0.25) is 0 Å². The molecule has 12 heteroatoms. The summed E-state index contributed by atoms with van der Waals surface area (Å²) in [4.78, 5) is 31.7. The van der Waals surface area contributed by atoms with Gasteiger partial charge < -0.3 is 10.6 Å². The quantitative estimate of drug-likeness (QED) is 0.293. The van der Waals surface area contributed by atoms with Crippen LogP contribution in [0.25, 0.3) is 0 Å². The average molecular weight is 621 g/mol. The van der Waals surface area contributed by atoms with Gasteiger partial charge in [-0.2, -0.15) is 18.4 Å². The predicted octanol–water partition coefficient (Wildman–Crippen LogP) is 4.42. The highest BCUT2D eigenvalue weighted by atomic mass is 19.4. The number of nitrogens with zero attached hydrogens (tertiary/aromatic N) is 5. The first-order valence-electron chi connectivity index (χ1n) is 14.4. The number of anilines is 1. The number of nitriles is 1. The third-order valence-electron chi connectivity index (χ3n) is 8.22. The van der Waals surface area contributed by atoms with Gasteiger partial charge in [0.05, 0.1) is 30.3 Å². The Bertz CT molecular complexity index is 1840. The van der Waals surface area contributed by atoms with Crippen molar-refractivity contribution in [3.8, 4) is 6.07 Å². The van der Waals surface area contributed by atoms with E-state index in [0.717, 1.165) is 32.9 Å². The van der Waals surface area contributed by atoms with Gasteiger partial charge in [-0.15, -0.1) is 0 Å². The lowest BCUT2D eigenvalue weighted by molar-refractivity contribution is -0.138. The first-order valence-corrected chi connectivity index (χ1v) is 14.4. The Labute approximate surface area is 257 Å². The smallest absolute Gasteiger partial charge is 0.363 e. The van der Waals surface area contributed by atoms with Gasteiger partial charge in [-0.25, -0.2) is 9.18 Å². The maximum atomic E-state index is 14.9. The summed E-state index contributed by atoms with van der Waals surface area (Å²) in [5.74, 6) is -1.11. The Morgan fingerprint density at radius 1 is 0.889 bits per heavy atom. The first-order chi connectivity index (χ1) is 21.5. The van der Waals surface area contributed by atoms with Crippen LogP contribution in [0.15, 0.2) is 82.4 Å². The Hall–Kier alpha value is -4.73. The molecule has 1 atom stereocenters. The molecule has 0 unspecified atom stereocenters. The molecule has 0 saturated carbocycles. The number of hydrogen-bond donors (Lipinski definition) is 1. The maximum absolute atomic E-state index is 14.9. The molecule has 234 valence electrons. The third-order valence-corrected chi connectivity index (χ3v) is 8.22. The Kier molecular flexibility index (Phi) is 9.22. The standard InChI is InChI=1S/C33H32F4N6O2/c1-22-30(41-16-14-40(15-17-41)19-25-11-6-5-10-24(25)18-38)31(44)43(21-29(39)23-8-3-2-4-9-23)32(45)42(22)20-26-27(33(35,36)37)12-7-13-28(26)34/h2-13,29H,14-17,19-21,39H2,1H3/t29-/m1/s1. The lowest BCUT2D eigenvalue weighted by atomic mass is 10.1. The topological polar surface area (TPSA) is 100 Å². The molecule has 0 aliphatic carbocycles. The molecule has 1 aliphatic rings. The van der Waals surface area contributed by atoms with Crippen LogP contribution >= 0.6 is 0 Å². The summed E-state index contributed by atoms with van der Waals surface area (Å²) < 4.78 is 58.6. The highest BCUT2D eigenvalue weighted by molar-refractivity contribution is 5.50. The Morgan fingerprint density at radius 2 is 1.56 bits per heavy atom. The van der Waals surface area contributed by atoms with E-state index in [1.54, 1.807) is 47.4 Å². The lowest BCUT2D eigenvalue weighted by Gasteiger charge is -2.37. The highest BCUT2D eigenvalue weighted by Crippen LogP contribution is 2.33. The van der Waals surface area contributed by atoms with E-state index >= 15 is 0 Å². The van der Waals surface area contributed by atoms with Crippen molar-refractivity contribution in [3.63, 3.8) is 0 Å². The van der Waals surface area contributed by atoms with Gasteiger partial charge in [0.15, 0.2) is 0 Å². The fraction of sp³-hybridized carbons (Fsp3) is 0.303. The normalized spacial score (nSPS) is 14.7. The third kappa shape index (κ3) is 6.69. The van der Waals surface area contributed by atoms with E-state index in [1.807, 2.05) is 12.1 Å². The predicted molar refractivity (Wildman–Crippen MR) is 162 cm³/mol. The van der Waals surface area contributed by atoms with Crippen LogP contribution in [0, 0.1) is 24.1 Å². The number of piperazine rings is 1. The van der Waals surface area contributed by atoms with Gasteiger partial charge in [-0.1, -0.05) is 54.6 Å². The average Bonchev–Trinajstić information content (AvgIpc) is 3.03. The molecule has 45 heavy (non-hydrogen) atoms. The van der Waals surface area contributed by atoms with Crippen LogP contribution in [0.3, 0.4) is 0 Å². The number of nitrogens with two attached hydrogens (primary N) is 1. The maximum Gasteiger partial charge on any atom is 0.416 e. The fourth-order valence-corrected chi connectivity index (χ4v) is 5.78. The van der Waals surface area contributed by atoms with Crippen molar-refractivity contribution >= 4 is 5.69 Å². The summed E-state index contributed by atoms with van der Waals surface area (Å²) in [6, 6.07) is 20.2. The summed E-state index contributed by atoms with van der Waals surface area (Å²) in [5, 5.41) is 9.46. The molecule has 1 aliphatic heterocycles. The van der Waals surface area contributed by atoms with Crippen molar-refractivity contribution in [1.29, 1.82) is 5.26 Å². The Balaban J connectivity index is 1.54. The molecule has 1 aromatic heterocycles. The molecule has 0 bridgehead atoms. The van der Waals surface area contributed by atoms with E-state index in [9.17, 15) is 32.4 Å². The van der Waals surface area contributed by atoms with Gasteiger partial charge in [0, 0.05) is 50.0 Å². The fourth-order valence-electron chi connectivity index (χ4n) is 5.78. The van der Waals surface area contributed by atoms with Crippen LogP contribution in [-0.4, -0.2) is 40.2 Å². The van der Waals surface area contributed by atoms with E-state index in [-0.39, 0.29) is 17.9 Å². The number of halogens is 4. The molecular weight excluding hydrogens is 588 g/mol. The second-order valence-electron chi connectivity index (χ2n) is 11.0. The second-order valence-corrected chi connectivity index (χ2v) is 11.0. The van der Waals surface area contributed by atoms with Gasteiger partial charge in [-0.05, 0) is 36.2 Å². The lowest BCUT2D eigenvalue weighted by Crippen LogP contribution is -2.51. The molecule has 2 N–H and O–H groups in total. The Morgan fingerprint density at radius 3 is 2.22 bits per heavy atom. The summed E-state index contributed by atoms with van der Waals surface area (Å²) >= 11 is 0. The van der Waals surface area contributed by atoms with Crippen molar-refractivity contribution in [2.75, 3.05) is 31.1 Å². The van der Waals surface area contributed by atoms with E-state index < -0.39 is 47.0 Å². The molecule has 0 spiro atoms. The minimum absolute atomic E-state index is 0.134. The van der Waals surface area contributed by atoms with Crippen molar-refractivity contribution in [2.24, 2.45) is 5.73 Å². The largest absolute Gasteiger partial charge is 0.416 e. The van der Waals surface area contributed by atoms with Crippen LogP contribution in [0.5, 0.6) is 0 Å². The first kappa shape index (κ1) is 31.7. The molecule has 1 fully saturated rings. The van der Waals surface area contributed by atoms with Crippen LogP contribution in [-0.2, 0) is 25.8 Å². The van der Waals surface area contributed by atoms with E-state index in [0.29, 0.717) is 43.9 Å². The number of rotatable bonds is 8. The van der Waals surface area contributed by atoms with Crippen molar-refractivity contribution < 1.29 is 17.6 Å². The SMILES string of the molecule is Cc1c(N2CCN(Cc3ccccc3C#N)CC2)c(=O)n(C[C@@H](N)c2ccccc2)c(=O)n1Cc1c(F)cccc1C(F)(F)F. The monoisotopic (exact) mass is 620 g/mol. The molecule has 0 radical (unpaired) electrons. The molecule has 0 amide bonds. The molecular formula is C33H32F4N6O2. The van der Waals surface area contributed by atoms with Gasteiger partial charge in [0.1, 0.15) is 11.5 Å². The number of aromatic nitrogens is 2. The van der Waals surface area contributed by atoms with Crippen LogP contribution in [0.2, 0.25) is 0 Å². The number of benzene rings is 3. The molecule has 2 heterocycles. The summed E-state index contributed by atoms with van der Waals surface area (Å²) in [6.07, 6.45) is -4.86. The second kappa shape index (κ2) is 13.1. The van der Waals surface area contributed by atoms with Crippen LogP contribution in [0.1, 0.15) is 39.6 Å². The minimum atomic E-state index is -4.86. The molecule has 5 rings (SSSR count). The van der Waals surface area contributed by atoms with E-state index in [2.05, 4.69) is 11.0 Å². The van der Waals surface area contributed by atoms with Crippen molar-refractivity contribution in [2.45, 2.75) is 38.8 Å². The summed E-state index contributed by atoms with van der Waals surface area (Å²) in [6.45, 7) is 2.85. The van der Waals surface area contributed by atoms with Gasteiger partial charge >= 0.3 is 11.9 Å². The van der Waals surface area contributed by atoms with E-state index in [4.69, 9.17) is 5.73 Å². The molecule has 4 aromatic rings. The zero-order chi connectivity index (χ0) is 32.3. The highest BCUT2D eigenvalue weighted by Gasteiger charge is 2.35. The summed E-state index contributed by atoms with van der Waals surface area (Å²) in [5.41, 5.74) is 5.41. The van der Waals surface area contributed by atoms with Crippen LogP contribution in [0.4, 0.5) is 23.2 Å². The zero-order valence-corrected chi connectivity index (χ0v) is 24.6. The molecule has 1 saturated heterocycles. The molecule has 3 aromatic carbocycles. The van der Waals surface area contributed by atoms with Crippen molar-refractivity contribution in [3.05, 3.63) is 133 Å².